The van der Waals surface area contributed by atoms with E-state index in [-0.39, 0.29) is 31.1 Å². The highest BCUT2D eigenvalue weighted by Crippen LogP contribution is 2.15. The molecule has 352 valence electrons. The minimum atomic E-state index is -0.775. The highest BCUT2D eigenvalue weighted by molar-refractivity contribution is 5.71. The molecule has 0 spiro atoms. The van der Waals surface area contributed by atoms with E-state index < -0.39 is 6.10 Å². The Morgan fingerprint density at radius 2 is 0.550 bits per heavy atom. The molecule has 0 saturated carbocycles. The van der Waals surface area contributed by atoms with Crippen molar-refractivity contribution in [2.45, 2.75) is 290 Å². The maximum Gasteiger partial charge on any atom is 0.306 e. The van der Waals surface area contributed by atoms with E-state index in [1.807, 2.05) is 0 Å². The first kappa shape index (κ1) is 57.9. The molecule has 0 heterocycles. The summed E-state index contributed by atoms with van der Waals surface area (Å²) in [6.45, 7) is 6.63. The normalized spacial score (nSPS) is 12.1. The molecular weight excluding hydrogens is 745 g/mol. The Morgan fingerprint density at radius 1 is 0.317 bits per heavy atom. The molecule has 0 bridgehead atoms. The van der Waals surface area contributed by atoms with E-state index in [4.69, 9.17) is 14.2 Å². The minimum absolute atomic E-state index is 0.0748. The van der Waals surface area contributed by atoms with Crippen molar-refractivity contribution in [2.75, 3.05) is 13.2 Å². The van der Waals surface area contributed by atoms with Crippen molar-refractivity contribution in [3.05, 3.63) is 24.3 Å². The molecule has 0 aliphatic carbocycles. The second-order valence-electron chi connectivity index (χ2n) is 17.8. The second kappa shape index (κ2) is 49.5. The van der Waals surface area contributed by atoms with Crippen molar-refractivity contribution in [1.29, 1.82) is 0 Å². The monoisotopic (exact) mass is 845 g/mol. The number of hydrogen-bond acceptors (Lipinski definition) is 6. The van der Waals surface area contributed by atoms with Crippen LogP contribution in [-0.4, -0.2) is 37.2 Å². The van der Waals surface area contributed by atoms with Crippen LogP contribution in [0, 0.1) is 0 Å². The lowest BCUT2D eigenvalue weighted by Gasteiger charge is -2.18. The Labute approximate surface area is 373 Å². The number of ether oxygens (including phenoxy) is 3. The summed E-state index contributed by atoms with van der Waals surface area (Å²) in [6.07, 6.45) is 55.8. The van der Waals surface area contributed by atoms with Gasteiger partial charge in [0, 0.05) is 19.3 Å². The zero-order chi connectivity index (χ0) is 43.7. The van der Waals surface area contributed by atoms with Crippen LogP contribution in [0.25, 0.3) is 0 Å². The average molecular weight is 845 g/mol. The largest absolute Gasteiger partial charge is 0.462 e. The molecule has 0 aliphatic rings. The second-order valence-corrected chi connectivity index (χ2v) is 17.8. The van der Waals surface area contributed by atoms with Crippen LogP contribution >= 0.6 is 0 Å². The zero-order valence-electron chi connectivity index (χ0n) is 40.2. The summed E-state index contributed by atoms with van der Waals surface area (Å²) in [4.78, 5) is 38.0. The average Bonchev–Trinajstić information content (AvgIpc) is 3.24. The molecule has 0 aromatic carbocycles. The van der Waals surface area contributed by atoms with Gasteiger partial charge in [-0.25, -0.2) is 0 Å². The van der Waals surface area contributed by atoms with Crippen LogP contribution in [0.4, 0.5) is 0 Å². The number of unbranched alkanes of at least 4 members (excludes halogenated alkanes) is 33. The van der Waals surface area contributed by atoms with Gasteiger partial charge in [0.05, 0.1) is 0 Å². The highest BCUT2D eigenvalue weighted by atomic mass is 16.6. The Balaban J connectivity index is 4.37. The molecule has 0 saturated heterocycles. The smallest absolute Gasteiger partial charge is 0.306 e. The lowest BCUT2D eigenvalue weighted by molar-refractivity contribution is -0.167. The van der Waals surface area contributed by atoms with Crippen LogP contribution in [0.2, 0.25) is 0 Å². The van der Waals surface area contributed by atoms with Gasteiger partial charge in [0.15, 0.2) is 6.10 Å². The molecular formula is C54H100O6. The van der Waals surface area contributed by atoms with E-state index in [1.54, 1.807) is 0 Å². The summed E-state index contributed by atoms with van der Waals surface area (Å²) in [5.74, 6) is -0.882. The molecule has 0 aromatic rings. The third-order valence-electron chi connectivity index (χ3n) is 11.7. The van der Waals surface area contributed by atoms with Gasteiger partial charge in [-0.2, -0.15) is 0 Å². The number of esters is 3. The molecule has 0 rings (SSSR count). The number of hydrogen-bond donors (Lipinski definition) is 0. The fraction of sp³-hybridized carbons (Fsp3) is 0.870. The van der Waals surface area contributed by atoms with E-state index in [1.165, 1.54) is 173 Å². The molecule has 6 heteroatoms. The molecule has 0 N–H and O–H groups in total. The van der Waals surface area contributed by atoms with E-state index in [2.05, 4.69) is 45.1 Å². The molecule has 1 unspecified atom stereocenters. The SMILES string of the molecule is CCCCCC/C=C\CCCCCCCCCC(=O)OCC(COC(=O)CCCCCCCCCCCCCCC)OC(=O)CCCCC/C=C\CCCCCCCCC. The van der Waals surface area contributed by atoms with Gasteiger partial charge in [0.2, 0.25) is 0 Å². The first-order valence-corrected chi connectivity index (χ1v) is 26.3. The van der Waals surface area contributed by atoms with E-state index in [9.17, 15) is 14.4 Å². The maximum absolute atomic E-state index is 12.8. The molecule has 1 atom stereocenters. The summed E-state index contributed by atoms with van der Waals surface area (Å²) in [5, 5.41) is 0. The Bertz CT molecular complexity index is 973. The van der Waals surface area contributed by atoms with E-state index >= 15 is 0 Å². The van der Waals surface area contributed by atoms with Gasteiger partial charge in [-0.15, -0.1) is 0 Å². The van der Waals surface area contributed by atoms with Crippen molar-refractivity contribution in [1.82, 2.24) is 0 Å². The zero-order valence-corrected chi connectivity index (χ0v) is 40.2. The highest BCUT2D eigenvalue weighted by Gasteiger charge is 2.19. The molecule has 60 heavy (non-hydrogen) atoms. The molecule has 0 amide bonds. The van der Waals surface area contributed by atoms with Crippen LogP contribution < -0.4 is 0 Å². The van der Waals surface area contributed by atoms with Crippen LogP contribution in [0.5, 0.6) is 0 Å². The maximum atomic E-state index is 12.8. The van der Waals surface area contributed by atoms with Gasteiger partial charge < -0.3 is 14.2 Å². The van der Waals surface area contributed by atoms with Gasteiger partial charge in [-0.05, 0) is 70.6 Å². The van der Waals surface area contributed by atoms with Crippen molar-refractivity contribution >= 4 is 17.9 Å². The van der Waals surface area contributed by atoms with Crippen LogP contribution in [0.1, 0.15) is 284 Å². The lowest BCUT2D eigenvalue weighted by atomic mass is 10.0. The fourth-order valence-electron chi connectivity index (χ4n) is 7.67. The Kier molecular flexibility index (Phi) is 47.8. The summed E-state index contributed by atoms with van der Waals surface area (Å²) in [7, 11) is 0. The topological polar surface area (TPSA) is 78.9 Å². The number of rotatable bonds is 48. The quantitative estimate of drug-likeness (QED) is 0.0263. The number of carbonyl (C=O) groups is 3. The summed E-state index contributed by atoms with van der Waals surface area (Å²) >= 11 is 0. The van der Waals surface area contributed by atoms with Gasteiger partial charge in [0.25, 0.3) is 0 Å². The van der Waals surface area contributed by atoms with Gasteiger partial charge in [-0.3, -0.25) is 14.4 Å². The van der Waals surface area contributed by atoms with Gasteiger partial charge in [-0.1, -0.05) is 218 Å². The molecule has 0 fully saturated rings. The van der Waals surface area contributed by atoms with Crippen molar-refractivity contribution in [3.63, 3.8) is 0 Å². The summed E-state index contributed by atoms with van der Waals surface area (Å²) in [5.41, 5.74) is 0. The third-order valence-corrected chi connectivity index (χ3v) is 11.7. The molecule has 0 aliphatic heterocycles. The lowest BCUT2D eigenvalue weighted by Crippen LogP contribution is -2.30. The van der Waals surface area contributed by atoms with E-state index in [0.29, 0.717) is 19.3 Å². The molecule has 0 aromatic heterocycles. The minimum Gasteiger partial charge on any atom is -0.462 e. The predicted octanol–water partition coefficient (Wildman–Crippen LogP) is 17.2. The Morgan fingerprint density at radius 3 is 0.867 bits per heavy atom. The number of carbonyl (C=O) groups excluding carboxylic acids is 3. The van der Waals surface area contributed by atoms with Crippen LogP contribution in [-0.2, 0) is 28.6 Å². The van der Waals surface area contributed by atoms with Crippen molar-refractivity contribution < 1.29 is 28.6 Å². The van der Waals surface area contributed by atoms with E-state index in [0.717, 1.165) is 70.6 Å². The van der Waals surface area contributed by atoms with Gasteiger partial charge in [0.1, 0.15) is 13.2 Å². The molecule has 0 radical (unpaired) electrons. The predicted molar refractivity (Wildman–Crippen MR) is 256 cm³/mol. The van der Waals surface area contributed by atoms with Crippen LogP contribution in [0.15, 0.2) is 24.3 Å². The standard InChI is InChI=1S/C54H100O6/c1-4-7-10-13-16-19-22-25-27-30-32-35-38-41-44-47-53(56)59-50-51(49-58-52(55)46-43-40-37-34-31-28-24-21-18-15-12-9-6-3)60-54(57)48-45-42-39-36-33-29-26-23-20-17-14-11-8-5-2/h19,22,29,33,51H,4-18,20-21,23-28,30-32,34-50H2,1-3H3/b22-19-,33-29-. The third kappa shape index (κ3) is 46.9. The summed E-state index contributed by atoms with van der Waals surface area (Å²) in [6, 6.07) is 0. The van der Waals surface area contributed by atoms with Crippen molar-refractivity contribution in [3.8, 4) is 0 Å². The van der Waals surface area contributed by atoms with Gasteiger partial charge >= 0.3 is 17.9 Å². The first-order chi connectivity index (χ1) is 29.5. The Hall–Kier alpha value is -2.11. The summed E-state index contributed by atoms with van der Waals surface area (Å²) < 4.78 is 16.8. The van der Waals surface area contributed by atoms with Crippen molar-refractivity contribution in [2.24, 2.45) is 0 Å². The molecule has 6 nitrogen and oxygen atoms in total. The van der Waals surface area contributed by atoms with Crippen LogP contribution in [0.3, 0.4) is 0 Å². The first-order valence-electron chi connectivity index (χ1n) is 26.3. The fourth-order valence-corrected chi connectivity index (χ4v) is 7.67. The number of allylic oxidation sites excluding steroid dienone is 4.